The fraction of sp³-hybridized carbons (Fsp3) is 0.500. The zero-order valence-electron chi connectivity index (χ0n) is 16.7. The highest BCUT2D eigenvalue weighted by molar-refractivity contribution is 6.01. The Balaban J connectivity index is 2.12. The van der Waals surface area contributed by atoms with Crippen LogP contribution in [-0.2, 0) is 23.9 Å². The Morgan fingerprint density at radius 3 is 2.68 bits per heavy atom. The third-order valence-electron chi connectivity index (χ3n) is 4.71. The van der Waals surface area contributed by atoms with Crippen LogP contribution in [0.4, 0.5) is 0 Å². The molecule has 1 fully saturated rings. The van der Waals surface area contributed by atoms with Crippen molar-refractivity contribution in [3.05, 3.63) is 28.6 Å². The minimum Gasteiger partial charge on any atom is -0.451 e. The molecule has 0 aromatic carbocycles. The van der Waals surface area contributed by atoms with Crippen LogP contribution in [0.2, 0.25) is 0 Å². The molecule has 1 aromatic heterocycles. The third-order valence-corrected chi connectivity index (χ3v) is 4.71. The van der Waals surface area contributed by atoms with Crippen molar-refractivity contribution >= 4 is 23.9 Å². The summed E-state index contributed by atoms with van der Waals surface area (Å²) in [6.45, 7) is 6.15. The minimum atomic E-state index is -0.891. The fourth-order valence-corrected chi connectivity index (χ4v) is 3.43. The van der Waals surface area contributed by atoms with E-state index in [1.54, 1.807) is 7.11 Å². The van der Waals surface area contributed by atoms with Crippen LogP contribution < -0.4 is 0 Å². The lowest BCUT2D eigenvalue weighted by Gasteiger charge is -2.17. The van der Waals surface area contributed by atoms with Gasteiger partial charge in [0.2, 0.25) is 5.91 Å². The zero-order chi connectivity index (χ0) is 20.8. The molecule has 0 spiro atoms. The monoisotopic (exact) mass is 387 g/mol. The highest BCUT2D eigenvalue weighted by Gasteiger charge is 2.27. The summed E-state index contributed by atoms with van der Waals surface area (Å²) >= 11 is 0. The molecule has 0 radical (unpaired) electrons. The number of hydrogen-bond acceptors (Lipinski definition) is 6. The molecular weight excluding hydrogens is 362 g/mol. The van der Waals surface area contributed by atoms with E-state index < -0.39 is 18.5 Å². The van der Waals surface area contributed by atoms with E-state index in [4.69, 9.17) is 9.47 Å². The topological polar surface area (TPSA) is 102 Å². The van der Waals surface area contributed by atoms with Gasteiger partial charge in [0, 0.05) is 31.5 Å². The number of likely N-dealkylation sites (tertiary alicyclic amines) is 1. The van der Waals surface area contributed by atoms with Crippen LogP contribution in [0.1, 0.15) is 42.8 Å². The summed E-state index contributed by atoms with van der Waals surface area (Å²) in [7, 11) is 1.63. The van der Waals surface area contributed by atoms with Gasteiger partial charge in [-0.05, 0) is 44.9 Å². The maximum absolute atomic E-state index is 12.2. The van der Waals surface area contributed by atoms with E-state index in [1.807, 2.05) is 32.9 Å². The number of esters is 1. The molecule has 8 heteroatoms. The number of imide groups is 1. The van der Waals surface area contributed by atoms with Gasteiger partial charge in [0.1, 0.15) is 11.6 Å². The lowest BCUT2D eigenvalue weighted by Crippen LogP contribution is -2.35. The van der Waals surface area contributed by atoms with Crippen molar-refractivity contribution in [2.75, 3.05) is 26.9 Å². The molecule has 8 nitrogen and oxygen atoms in total. The maximum atomic E-state index is 12.2. The summed E-state index contributed by atoms with van der Waals surface area (Å²) in [4.78, 5) is 36.8. The number of carbonyl (C=O) groups excluding carboxylic acids is 3. The highest BCUT2D eigenvalue weighted by atomic mass is 16.5. The van der Waals surface area contributed by atoms with Gasteiger partial charge < -0.3 is 14.0 Å². The molecule has 2 rings (SSSR count). The van der Waals surface area contributed by atoms with Gasteiger partial charge in [0.25, 0.3) is 5.91 Å². The maximum Gasteiger partial charge on any atom is 0.349 e. The molecular formula is C20H25N3O5. The number of rotatable bonds is 7. The molecule has 0 saturated carbocycles. The van der Waals surface area contributed by atoms with Gasteiger partial charge >= 0.3 is 5.97 Å². The summed E-state index contributed by atoms with van der Waals surface area (Å²) in [6.07, 6.45) is 2.38. The van der Waals surface area contributed by atoms with Gasteiger partial charge in [-0.1, -0.05) is 0 Å². The Labute approximate surface area is 164 Å². The van der Waals surface area contributed by atoms with Crippen molar-refractivity contribution in [3.63, 3.8) is 0 Å². The van der Waals surface area contributed by atoms with E-state index in [0.29, 0.717) is 26.0 Å². The van der Waals surface area contributed by atoms with Crippen LogP contribution in [0.5, 0.6) is 0 Å². The van der Waals surface area contributed by atoms with E-state index in [9.17, 15) is 19.6 Å². The van der Waals surface area contributed by atoms with E-state index >= 15 is 0 Å². The van der Waals surface area contributed by atoms with Crippen LogP contribution in [0.25, 0.3) is 6.08 Å². The van der Waals surface area contributed by atoms with E-state index in [2.05, 4.69) is 4.57 Å². The number of aromatic nitrogens is 1. The van der Waals surface area contributed by atoms with Crippen LogP contribution >= 0.6 is 0 Å². The highest BCUT2D eigenvalue weighted by Crippen LogP contribution is 2.23. The number of carbonyl (C=O) groups is 3. The first-order chi connectivity index (χ1) is 13.3. The molecule has 0 aliphatic carbocycles. The van der Waals surface area contributed by atoms with Gasteiger partial charge in [-0.25, -0.2) is 4.79 Å². The summed E-state index contributed by atoms with van der Waals surface area (Å²) in [6, 6.07) is 3.80. The molecule has 0 bridgehead atoms. The van der Waals surface area contributed by atoms with Crippen LogP contribution in [0.3, 0.4) is 0 Å². The summed E-state index contributed by atoms with van der Waals surface area (Å²) < 4.78 is 12.2. The average Bonchev–Trinajstić information content (AvgIpc) is 3.20. The van der Waals surface area contributed by atoms with Crippen molar-refractivity contribution in [3.8, 4) is 6.07 Å². The van der Waals surface area contributed by atoms with Gasteiger partial charge in [-0.2, -0.15) is 5.26 Å². The smallest absolute Gasteiger partial charge is 0.349 e. The molecule has 0 N–H and O–H groups in total. The number of methoxy groups -OCH3 is 1. The molecule has 1 aliphatic rings. The first-order valence-corrected chi connectivity index (χ1v) is 9.09. The molecule has 150 valence electrons. The zero-order valence-corrected chi connectivity index (χ0v) is 16.7. The van der Waals surface area contributed by atoms with E-state index in [-0.39, 0.29) is 17.5 Å². The predicted octanol–water partition coefficient (Wildman–Crippen LogP) is 1.91. The van der Waals surface area contributed by atoms with Crippen molar-refractivity contribution in [1.29, 1.82) is 5.26 Å². The Hall–Kier alpha value is -2.92. The molecule has 2 heterocycles. The van der Waals surface area contributed by atoms with Gasteiger partial charge in [-0.15, -0.1) is 0 Å². The van der Waals surface area contributed by atoms with Crippen molar-refractivity contribution in [2.24, 2.45) is 0 Å². The second-order valence-electron chi connectivity index (χ2n) is 6.79. The second-order valence-corrected chi connectivity index (χ2v) is 6.79. The molecule has 28 heavy (non-hydrogen) atoms. The Morgan fingerprint density at radius 1 is 1.39 bits per heavy atom. The number of nitrogens with zero attached hydrogens (tertiary/aromatic N) is 3. The summed E-state index contributed by atoms with van der Waals surface area (Å²) in [5.41, 5.74) is 2.37. The second kappa shape index (κ2) is 9.33. The average molecular weight is 387 g/mol. The fourth-order valence-electron chi connectivity index (χ4n) is 3.43. The first kappa shape index (κ1) is 21.4. The van der Waals surface area contributed by atoms with E-state index in [0.717, 1.165) is 21.9 Å². The van der Waals surface area contributed by atoms with Gasteiger partial charge in [0.15, 0.2) is 6.61 Å². The Morgan fingerprint density at radius 2 is 2.11 bits per heavy atom. The summed E-state index contributed by atoms with van der Waals surface area (Å²) in [5, 5.41) is 9.34. The molecule has 1 atom stereocenters. The molecule has 1 aromatic rings. The molecule has 1 aliphatic heterocycles. The minimum absolute atomic E-state index is 0.0975. The number of amides is 2. The van der Waals surface area contributed by atoms with Crippen molar-refractivity contribution < 1.29 is 23.9 Å². The first-order valence-electron chi connectivity index (χ1n) is 9.09. The molecule has 0 unspecified atom stereocenters. The number of ether oxygens (including phenoxy) is 2. The van der Waals surface area contributed by atoms with Crippen LogP contribution in [-0.4, -0.2) is 54.1 Å². The lowest BCUT2D eigenvalue weighted by molar-refractivity contribution is -0.152. The molecule has 2 amide bonds. The van der Waals surface area contributed by atoms with Crippen molar-refractivity contribution in [1.82, 2.24) is 9.47 Å². The number of hydrogen-bond donors (Lipinski definition) is 0. The SMILES string of the molecule is COC[C@@H](C)n1c(C)cc(/C=C(\C#N)C(=O)OCC(=O)N2CCCC2=O)c1C. The predicted molar refractivity (Wildman–Crippen MR) is 101 cm³/mol. The third kappa shape index (κ3) is 4.67. The van der Waals surface area contributed by atoms with Crippen molar-refractivity contribution in [2.45, 2.75) is 39.7 Å². The summed E-state index contributed by atoms with van der Waals surface area (Å²) in [5.74, 6) is -1.73. The largest absolute Gasteiger partial charge is 0.451 e. The number of nitriles is 1. The quantitative estimate of drug-likeness (QED) is 0.402. The van der Waals surface area contributed by atoms with Crippen LogP contribution in [0, 0.1) is 25.2 Å². The van der Waals surface area contributed by atoms with E-state index in [1.165, 1.54) is 6.08 Å². The van der Waals surface area contributed by atoms with Gasteiger partial charge in [0.05, 0.1) is 12.6 Å². The lowest BCUT2D eigenvalue weighted by atomic mass is 10.1. The Kier molecular flexibility index (Phi) is 7.12. The van der Waals surface area contributed by atoms with Crippen LogP contribution in [0.15, 0.2) is 11.6 Å². The normalized spacial score (nSPS) is 15.5. The standard InChI is InChI=1S/C20H25N3O5/c1-13-8-16(15(3)23(13)14(2)11-27-4)9-17(10-21)20(26)28-12-19(25)22-7-5-6-18(22)24/h8-9,14H,5-7,11-12H2,1-4H3/b17-9+/t14-/m1/s1. The molecule has 1 saturated heterocycles. The van der Waals surface area contributed by atoms with Gasteiger partial charge in [-0.3, -0.25) is 14.5 Å². The Bertz CT molecular complexity index is 847. The number of aryl methyl sites for hydroxylation is 1.